The summed E-state index contributed by atoms with van der Waals surface area (Å²) in [5.74, 6) is 0.663. The smallest absolute Gasteiger partial charge is 0.287 e. The van der Waals surface area contributed by atoms with Crippen molar-refractivity contribution < 1.29 is 4.92 Å². The number of pyridine rings is 1. The van der Waals surface area contributed by atoms with Crippen LogP contribution in [0.4, 0.5) is 11.5 Å². The van der Waals surface area contributed by atoms with Crippen molar-refractivity contribution in [1.82, 2.24) is 9.88 Å². The van der Waals surface area contributed by atoms with Gasteiger partial charge >= 0.3 is 0 Å². The van der Waals surface area contributed by atoms with E-state index >= 15 is 0 Å². The van der Waals surface area contributed by atoms with Crippen LogP contribution < -0.4 is 5.32 Å². The number of nitrogens with one attached hydrogen (secondary N) is 1. The van der Waals surface area contributed by atoms with Crippen molar-refractivity contribution in [1.29, 1.82) is 0 Å². The van der Waals surface area contributed by atoms with Gasteiger partial charge in [-0.3, -0.25) is 15.0 Å². The van der Waals surface area contributed by atoms with Crippen LogP contribution in [0.5, 0.6) is 0 Å². The number of anilines is 1. The number of nitrogens with zero attached hydrogens (tertiary/aromatic N) is 3. The van der Waals surface area contributed by atoms with Crippen molar-refractivity contribution in [3.05, 3.63) is 64.3 Å². The minimum Gasteiger partial charge on any atom is -0.368 e. The van der Waals surface area contributed by atoms with E-state index in [4.69, 9.17) is 0 Å². The van der Waals surface area contributed by atoms with Crippen molar-refractivity contribution >= 4 is 11.5 Å². The zero-order chi connectivity index (χ0) is 16.1. The SMILES string of the molecule is O=[N+]([O-])c1ccc(NCC(c2ccccc2)N2CCCC2)nc1. The summed E-state index contributed by atoms with van der Waals surface area (Å²) in [7, 11) is 0. The van der Waals surface area contributed by atoms with Crippen LogP contribution in [0.15, 0.2) is 48.7 Å². The second-order valence-corrected chi connectivity index (χ2v) is 5.71. The number of nitro groups is 1. The lowest BCUT2D eigenvalue weighted by Gasteiger charge is -2.28. The molecule has 1 N–H and O–H groups in total. The van der Waals surface area contributed by atoms with E-state index in [9.17, 15) is 10.1 Å². The van der Waals surface area contributed by atoms with Gasteiger partial charge in [0.05, 0.1) is 11.0 Å². The largest absolute Gasteiger partial charge is 0.368 e. The Morgan fingerprint density at radius 2 is 1.91 bits per heavy atom. The molecular weight excluding hydrogens is 292 g/mol. The Bertz CT molecular complexity index is 639. The van der Waals surface area contributed by atoms with Crippen LogP contribution in [-0.2, 0) is 0 Å². The summed E-state index contributed by atoms with van der Waals surface area (Å²) in [5.41, 5.74) is 1.29. The molecule has 23 heavy (non-hydrogen) atoms. The van der Waals surface area contributed by atoms with Crippen molar-refractivity contribution in [3.8, 4) is 0 Å². The van der Waals surface area contributed by atoms with Crippen LogP contribution in [0.3, 0.4) is 0 Å². The minimum atomic E-state index is -0.437. The van der Waals surface area contributed by atoms with Gasteiger partial charge in [-0.1, -0.05) is 30.3 Å². The third-order valence-electron chi connectivity index (χ3n) is 4.20. The normalized spacial score (nSPS) is 16.2. The molecule has 1 aromatic heterocycles. The van der Waals surface area contributed by atoms with E-state index in [-0.39, 0.29) is 11.7 Å². The van der Waals surface area contributed by atoms with E-state index < -0.39 is 4.92 Å². The highest BCUT2D eigenvalue weighted by Crippen LogP contribution is 2.25. The van der Waals surface area contributed by atoms with E-state index in [1.807, 2.05) is 6.07 Å². The summed E-state index contributed by atoms with van der Waals surface area (Å²) in [6.45, 7) is 2.94. The first-order valence-corrected chi connectivity index (χ1v) is 7.87. The van der Waals surface area contributed by atoms with Gasteiger partial charge < -0.3 is 5.32 Å². The van der Waals surface area contributed by atoms with E-state index in [0.29, 0.717) is 5.82 Å². The average molecular weight is 312 g/mol. The molecule has 1 aliphatic rings. The maximum Gasteiger partial charge on any atom is 0.287 e. The molecule has 1 atom stereocenters. The summed E-state index contributed by atoms with van der Waals surface area (Å²) in [4.78, 5) is 16.8. The lowest BCUT2D eigenvalue weighted by atomic mass is 10.1. The molecule has 0 bridgehead atoms. The number of hydrogen-bond acceptors (Lipinski definition) is 5. The second-order valence-electron chi connectivity index (χ2n) is 5.71. The molecule has 1 saturated heterocycles. The molecule has 1 aliphatic heterocycles. The van der Waals surface area contributed by atoms with Crippen molar-refractivity contribution in [2.24, 2.45) is 0 Å². The minimum absolute atomic E-state index is 0.00898. The van der Waals surface area contributed by atoms with Crippen molar-refractivity contribution in [2.45, 2.75) is 18.9 Å². The number of benzene rings is 1. The third kappa shape index (κ3) is 3.84. The quantitative estimate of drug-likeness (QED) is 0.655. The van der Waals surface area contributed by atoms with Gasteiger partial charge in [0.2, 0.25) is 0 Å². The molecule has 0 amide bonds. The van der Waals surface area contributed by atoms with Crippen molar-refractivity contribution in [2.75, 3.05) is 25.0 Å². The number of aromatic nitrogens is 1. The van der Waals surface area contributed by atoms with E-state index in [0.717, 1.165) is 19.6 Å². The maximum absolute atomic E-state index is 10.7. The van der Waals surface area contributed by atoms with E-state index in [1.54, 1.807) is 6.07 Å². The Balaban J connectivity index is 1.70. The number of rotatable bonds is 6. The first-order chi connectivity index (χ1) is 11.2. The Kier molecular flexibility index (Phi) is 4.83. The third-order valence-corrected chi connectivity index (χ3v) is 4.20. The summed E-state index contributed by atoms with van der Waals surface area (Å²) >= 11 is 0. The Morgan fingerprint density at radius 1 is 1.17 bits per heavy atom. The van der Waals surface area contributed by atoms with Gasteiger partial charge in [0.1, 0.15) is 12.0 Å². The molecule has 120 valence electrons. The summed E-state index contributed by atoms with van der Waals surface area (Å²) in [6.07, 6.45) is 3.76. The van der Waals surface area contributed by atoms with Crippen LogP contribution in [-0.4, -0.2) is 34.4 Å². The molecule has 2 heterocycles. The summed E-state index contributed by atoms with van der Waals surface area (Å²) in [5, 5.41) is 14.0. The maximum atomic E-state index is 10.7. The van der Waals surface area contributed by atoms with Gasteiger partial charge in [0, 0.05) is 12.6 Å². The molecule has 1 unspecified atom stereocenters. The van der Waals surface area contributed by atoms with Crippen LogP contribution in [0.1, 0.15) is 24.4 Å². The van der Waals surface area contributed by atoms with E-state index in [2.05, 4.69) is 39.5 Å². The average Bonchev–Trinajstić information content (AvgIpc) is 3.11. The standard InChI is InChI=1S/C17H20N4O2/c22-21(23)15-8-9-17(18-12-15)19-13-16(20-10-4-5-11-20)14-6-2-1-3-7-14/h1-3,6-9,12,16H,4-5,10-11,13H2,(H,18,19). The molecule has 3 rings (SSSR count). The molecule has 2 aromatic rings. The van der Waals surface area contributed by atoms with Gasteiger partial charge in [-0.2, -0.15) is 0 Å². The van der Waals surface area contributed by atoms with Crippen LogP contribution >= 0.6 is 0 Å². The molecule has 6 heteroatoms. The van der Waals surface area contributed by atoms with Gasteiger partial charge in [0.25, 0.3) is 5.69 Å². The molecule has 0 saturated carbocycles. The molecular formula is C17H20N4O2. The number of likely N-dealkylation sites (tertiary alicyclic amines) is 1. The van der Waals surface area contributed by atoms with Gasteiger partial charge in [-0.25, -0.2) is 4.98 Å². The molecule has 0 spiro atoms. The predicted octanol–water partition coefficient (Wildman–Crippen LogP) is 3.24. The fourth-order valence-electron chi connectivity index (χ4n) is 2.99. The molecule has 0 radical (unpaired) electrons. The fraction of sp³-hybridized carbons (Fsp3) is 0.353. The van der Waals surface area contributed by atoms with Crippen LogP contribution in [0.25, 0.3) is 0 Å². The monoisotopic (exact) mass is 312 g/mol. The van der Waals surface area contributed by atoms with E-state index in [1.165, 1.54) is 30.7 Å². The Hall–Kier alpha value is -2.47. The lowest BCUT2D eigenvalue weighted by molar-refractivity contribution is -0.385. The van der Waals surface area contributed by atoms with Gasteiger partial charge in [0.15, 0.2) is 0 Å². The molecule has 1 aromatic carbocycles. The highest BCUT2D eigenvalue weighted by molar-refractivity contribution is 5.40. The molecule has 1 fully saturated rings. The number of hydrogen-bond donors (Lipinski definition) is 1. The molecule has 0 aliphatic carbocycles. The molecule has 6 nitrogen and oxygen atoms in total. The van der Waals surface area contributed by atoms with Gasteiger partial charge in [-0.15, -0.1) is 0 Å². The van der Waals surface area contributed by atoms with Crippen LogP contribution in [0, 0.1) is 10.1 Å². The fourth-order valence-corrected chi connectivity index (χ4v) is 2.99. The Labute approximate surface area is 135 Å². The zero-order valence-corrected chi connectivity index (χ0v) is 12.9. The second kappa shape index (κ2) is 7.19. The highest BCUT2D eigenvalue weighted by atomic mass is 16.6. The summed E-state index contributed by atoms with van der Waals surface area (Å²) < 4.78 is 0. The van der Waals surface area contributed by atoms with Gasteiger partial charge in [-0.05, 0) is 37.6 Å². The summed E-state index contributed by atoms with van der Waals surface area (Å²) in [6, 6.07) is 13.9. The highest BCUT2D eigenvalue weighted by Gasteiger charge is 2.23. The lowest BCUT2D eigenvalue weighted by Crippen LogP contribution is -2.31. The zero-order valence-electron chi connectivity index (χ0n) is 12.9. The first kappa shape index (κ1) is 15.4. The topological polar surface area (TPSA) is 71.3 Å². The first-order valence-electron chi connectivity index (χ1n) is 7.87. The Morgan fingerprint density at radius 3 is 2.52 bits per heavy atom. The predicted molar refractivity (Wildman–Crippen MR) is 89.4 cm³/mol. The van der Waals surface area contributed by atoms with Crippen LogP contribution in [0.2, 0.25) is 0 Å². The van der Waals surface area contributed by atoms with Crippen molar-refractivity contribution in [3.63, 3.8) is 0 Å².